The van der Waals surface area contributed by atoms with Crippen LogP contribution in [0.4, 0.5) is 0 Å². The van der Waals surface area contributed by atoms with Crippen molar-refractivity contribution >= 4 is 50.0 Å². The summed E-state index contributed by atoms with van der Waals surface area (Å²) in [5.41, 5.74) is 0.952. The molecule has 0 saturated carbocycles. The molecule has 2 rings (SSSR count). The van der Waals surface area contributed by atoms with Crippen LogP contribution in [0.25, 0.3) is 10.9 Å². The summed E-state index contributed by atoms with van der Waals surface area (Å²) < 4.78 is 0.859. The molecule has 1 aromatic carbocycles. The smallest absolute Gasteiger partial charge is 0.0674 e. The molecule has 0 unspecified atom stereocenters. The Hall–Kier alpha value is -0.180. The van der Waals surface area contributed by atoms with Crippen molar-refractivity contribution in [1.29, 1.82) is 0 Å². The Morgan fingerprint density at radius 1 is 1.25 bits per heavy atom. The van der Waals surface area contributed by atoms with E-state index in [0.29, 0.717) is 10.0 Å². The molecule has 0 spiro atoms. The van der Waals surface area contributed by atoms with E-state index in [4.69, 9.17) is 23.2 Å². The SMILES string of the molecule is Clc1c[nH]c2ccc(Br)c(Cl)c12. The molecule has 0 fully saturated rings. The van der Waals surface area contributed by atoms with Gasteiger partial charge >= 0.3 is 0 Å². The number of hydrogen-bond acceptors (Lipinski definition) is 0. The average Bonchev–Trinajstić information content (AvgIpc) is 2.41. The van der Waals surface area contributed by atoms with Crippen molar-refractivity contribution < 1.29 is 0 Å². The molecule has 1 nitrogen and oxygen atoms in total. The van der Waals surface area contributed by atoms with E-state index < -0.39 is 0 Å². The maximum atomic E-state index is 6.02. The topological polar surface area (TPSA) is 15.8 Å². The van der Waals surface area contributed by atoms with E-state index in [1.165, 1.54) is 0 Å². The van der Waals surface area contributed by atoms with Crippen molar-refractivity contribution in [2.45, 2.75) is 0 Å². The molecule has 1 N–H and O–H groups in total. The molecule has 0 aliphatic carbocycles. The third kappa shape index (κ3) is 1.15. The van der Waals surface area contributed by atoms with Gasteiger partial charge in [0.05, 0.1) is 10.0 Å². The highest BCUT2D eigenvalue weighted by Gasteiger charge is 2.07. The van der Waals surface area contributed by atoms with Gasteiger partial charge < -0.3 is 4.98 Å². The van der Waals surface area contributed by atoms with Gasteiger partial charge in [-0.3, -0.25) is 0 Å². The van der Waals surface area contributed by atoms with Crippen LogP contribution in [0.2, 0.25) is 10.0 Å². The van der Waals surface area contributed by atoms with Crippen molar-refractivity contribution in [3.63, 3.8) is 0 Å². The molecule has 2 aromatic rings. The molecular formula is C8H4BrCl2N. The molecule has 0 aliphatic rings. The first-order valence-corrected chi connectivity index (χ1v) is 4.85. The standard InChI is InChI=1S/C8H4BrCl2N/c9-4-1-2-6-7(8(4)11)5(10)3-12-6/h1-3,12H. The molecule has 0 radical (unpaired) electrons. The van der Waals surface area contributed by atoms with Crippen LogP contribution in [0.3, 0.4) is 0 Å². The van der Waals surface area contributed by atoms with Gasteiger partial charge in [0.1, 0.15) is 0 Å². The largest absolute Gasteiger partial charge is 0.360 e. The van der Waals surface area contributed by atoms with Crippen molar-refractivity contribution in [1.82, 2.24) is 4.98 Å². The predicted molar refractivity (Wildman–Crippen MR) is 56.0 cm³/mol. The summed E-state index contributed by atoms with van der Waals surface area (Å²) in [7, 11) is 0. The molecular weight excluding hydrogens is 261 g/mol. The molecule has 0 aliphatic heterocycles. The minimum Gasteiger partial charge on any atom is -0.360 e. The number of halogens is 3. The second-order valence-corrected chi connectivity index (χ2v) is 4.06. The first kappa shape index (κ1) is 8.42. The summed E-state index contributed by atoms with van der Waals surface area (Å²) in [6.07, 6.45) is 1.73. The van der Waals surface area contributed by atoms with Crippen molar-refractivity contribution in [2.24, 2.45) is 0 Å². The molecule has 1 heterocycles. The summed E-state index contributed by atoms with van der Waals surface area (Å²) in [5.74, 6) is 0. The van der Waals surface area contributed by atoms with E-state index in [1.807, 2.05) is 12.1 Å². The fourth-order valence-corrected chi connectivity index (χ4v) is 2.01. The first-order chi connectivity index (χ1) is 5.70. The van der Waals surface area contributed by atoms with Crippen molar-refractivity contribution in [3.8, 4) is 0 Å². The van der Waals surface area contributed by atoms with Crippen LogP contribution in [0.5, 0.6) is 0 Å². The van der Waals surface area contributed by atoms with Crippen LogP contribution in [-0.2, 0) is 0 Å². The maximum Gasteiger partial charge on any atom is 0.0674 e. The Balaban J connectivity index is 2.96. The summed E-state index contributed by atoms with van der Waals surface area (Å²) in [6.45, 7) is 0. The second-order valence-electron chi connectivity index (χ2n) is 2.42. The number of nitrogens with one attached hydrogen (secondary N) is 1. The summed E-state index contributed by atoms with van der Waals surface area (Å²) in [5, 5.41) is 2.17. The van der Waals surface area contributed by atoms with Crippen LogP contribution in [0.15, 0.2) is 22.8 Å². The summed E-state index contributed by atoms with van der Waals surface area (Å²) in [6, 6.07) is 3.81. The fourth-order valence-electron chi connectivity index (χ4n) is 1.12. The Morgan fingerprint density at radius 2 is 2.00 bits per heavy atom. The zero-order valence-corrected chi connectivity index (χ0v) is 8.96. The highest BCUT2D eigenvalue weighted by Crippen LogP contribution is 2.35. The number of hydrogen-bond donors (Lipinski definition) is 1. The lowest BCUT2D eigenvalue weighted by atomic mass is 10.2. The summed E-state index contributed by atoms with van der Waals surface area (Å²) >= 11 is 15.3. The Morgan fingerprint density at radius 3 is 2.75 bits per heavy atom. The fraction of sp³-hybridized carbons (Fsp3) is 0. The van der Waals surface area contributed by atoms with Crippen LogP contribution in [0.1, 0.15) is 0 Å². The molecule has 1 aromatic heterocycles. The minimum atomic E-state index is 0.649. The predicted octanol–water partition coefficient (Wildman–Crippen LogP) is 4.24. The molecule has 0 saturated heterocycles. The monoisotopic (exact) mass is 263 g/mol. The lowest BCUT2D eigenvalue weighted by Crippen LogP contribution is -1.71. The van der Waals surface area contributed by atoms with Gasteiger partial charge in [0.25, 0.3) is 0 Å². The Labute approximate surface area is 87.8 Å². The van der Waals surface area contributed by atoms with E-state index in [-0.39, 0.29) is 0 Å². The van der Waals surface area contributed by atoms with Crippen LogP contribution >= 0.6 is 39.1 Å². The van der Waals surface area contributed by atoms with Crippen molar-refractivity contribution in [3.05, 3.63) is 32.8 Å². The van der Waals surface area contributed by atoms with Crippen molar-refractivity contribution in [2.75, 3.05) is 0 Å². The molecule has 12 heavy (non-hydrogen) atoms. The minimum absolute atomic E-state index is 0.649. The van der Waals surface area contributed by atoms with Crippen LogP contribution < -0.4 is 0 Å². The van der Waals surface area contributed by atoms with Gasteiger partial charge in [-0.15, -0.1) is 0 Å². The van der Waals surface area contributed by atoms with Gasteiger partial charge in [-0.1, -0.05) is 23.2 Å². The molecule has 0 bridgehead atoms. The zero-order valence-electron chi connectivity index (χ0n) is 5.87. The quantitative estimate of drug-likeness (QED) is 0.733. The number of benzene rings is 1. The number of aromatic nitrogens is 1. The van der Waals surface area contributed by atoms with E-state index >= 15 is 0 Å². The normalized spacial score (nSPS) is 10.9. The zero-order chi connectivity index (χ0) is 8.72. The molecule has 4 heteroatoms. The lowest BCUT2D eigenvalue weighted by Gasteiger charge is -1.97. The molecule has 0 amide bonds. The van der Waals surface area contributed by atoms with E-state index in [0.717, 1.165) is 15.4 Å². The number of H-pyrrole nitrogens is 1. The van der Waals surface area contributed by atoms with Gasteiger partial charge in [0.15, 0.2) is 0 Å². The highest BCUT2D eigenvalue weighted by atomic mass is 79.9. The maximum absolute atomic E-state index is 6.02. The lowest BCUT2D eigenvalue weighted by molar-refractivity contribution is 1.48. The number of fused-ring (bicyclic) bond motifs is 1. The van der Waals surface area contributed by atoms with E-state index in [2.05, 4.69) is 20.9 Å². The first-order valence-electron chi connectivity index (χ1n) is 3.30. The van der Waals surface area contributed by atoms with Crippen LogP contribution in [-0.4, -0.2) is 4.98 Å². The van der Waals surface area contributed by atoms with Gasteiger partial charge in [0.2, 0.25) is 0 Å². The highest BCUT2D eigenvalue weighted by molar-refractivity contribution is 9.10. The van der Waals surface area contributed by atoms with Gasteiger partial charge in [0, 0.05) is 21.6 Å². The average molecular weight is 265 g/mol. The Bertz CT molecular complexity index is 436. The molecule has 62 valence electrons. The second kappa shape index (κ2) is 2.95. The van der Waals surface area contributed by atoms with Gasteiger partial charge in [-0.2, -0.15) is 0 Å². The molecule has 0 atom stereocenters. The van der Waals surface area contributed by atoms with E-state index in [9.17, 15) is 0 Å². The number of rotatable bonds is 0. The Kier molecular flexibility index (Phi) is 2.07. The van der Waals surface area contributed by atoms with Crippen LogP contribution in [0, 0.1) is 0 Å². The van der Waals surface area contributed by atoms with Gasteiger partial charge in [-0.25, -0.2) is 0 Å². The van der Waals surface area contributed by atoms with Gasteiger partial charge in [-0.05, 0) is 28.1 Å². The third-order valence-corrected chi connectivity index (χ3v) is 3.27. The number of aromatic amines is 1. The third-order valence-electron chi connectivity index (χ3n) is 1.69. The van der Waals surface area contributed by atoms with E-state index in [1.54, 1.807) is 6.20 Å². The summed E-state index contributed by atoms with van der Waals surface area (Å²) in [4.78, 5) is 3.02.